The first-order chi connectivity index (χ1) is 6.02. The summed E-state index contributed by atoms with van der Waals surface area (Å²) in [5, 5.41) is 2.60. The van der Waals surface area contributed by atoms with Gasteiger partial charge in [-0.25, -0.2) is 4.79 Å². The maximum absolute atomic E-state index is 11.2. The van der Waals surface area contributed by atoms with Crippen LogP contribution in [0.1, 0.15) is 27.2 Å². The van der Waals surface area contributed by atoms with Crippen molar-refractivity contribution < 1.29 is 14.3 Å². The van der Waals surface area contributed by atoms with Gasteiger partial charge in [-0.05, 0) is 6.42 Å². The van der Waals surface area contributed by atoms with Gasteiger partial charge in [0.25, 0.3) is 0 Å². The molecule has 0 fully saturated rings. The van der Waals surface area contributed by atoms with E-state index in [9.17, 15) is 9.59 Å². The number of carbonyl (C=O) groups is 2. The lowest BCUT2D eigenvalue weighted by molar-refractivity contribution is -0.145. The summed E-state index contributed by atoms with van der Waals surface area (Å²) in [5.74, 6) is -0.632. The Morgan fingerprint density at radius 2 is 1.92 bits per heavy atom. The van der Waals surface area contributed by atoms with E-state index in [1.54, 1.807) is 13.8 Å². The van der Waals surface area contributed by atoms with Crippen molar-refractivity contribution in [3.8, 4) is 0 Å². The molecular formula is C9H17NO3. The van der Waals surface area contributed by atoms with Gasteiger partial charge in [0.2, 0.25) is 5.91 Å². The van der Waals surface area contributed by atoms with Crippen LogP contribution in [0.25, 0.3) is 0 Å². The Morgan fingerprint density at radius 3 is 2.23 bits per heavy atom. The molecule has 0 aliphatic carbocycles. The first kappa shape index (κ1) is 11.9. The molecule has 4 heteroatoms. The van der Waals surface area contributed by atoms with Gasteiger partial charge in [0.05, 0.1) is 7.11 Å². The number of hydrogen-bond donors (Lipinski definition) is 1. The minimum Gasteiger partial charge on any atom is -0.467 e. The summed E-state index contributed by atoms with van der Waals surface area (Å²) in [4.78, 5) is 22.3. The van der Waals surface area contributed by atoms with Gasteiger partial charge >= 0.3 is 5.97 Å². The maximum Gasteiger partial charge on any atom is 0.328 e. The third kappa shape index (κ3) is 3.92. The Bertz CT molecular complexity index is 189. The minimum absolute atomic E-state index is 0.112. The molecule has 0 aromatic heterocycles. The van der Waals surface area contributed by atoms with Gasteiger partial charge in [-0.1, -0.05) is 20.8 Å². The average molecular weight is 187 g/mol. The normalized spacial score (nSPS) is 12.4. The molecule has 0 aliphatic rings. The van der Waals surface area contributed by atoms with Gasteiger partial charge in [-0.3, -0.25) is 4.79 Å². The molecule has 1 atom stereocenters. The molecule has 0 saturated carbocycles. The quantitative estimate of drug-likeness (QED) is 0.659. The third-order valence-corrected chi connectivity index (χ3v) is 1.73. The van der Waals surface area contributed by atoms with Gasteiger partial charge < -0.3 is 10.1 Å². The van der Waals surface area contributed by atoms with Crippen LogP contribution >= 0.6 is 0 Å². The zero-order valence-corrected chi connectivity index (χ0v) is 8.59. The summed E-state index contributed by atoms with van der Waals surface area (Å²) in [6.45, 7) is 5.38. The highest BCUT2D eigenvalue weighted by Crippen LogP contribution is 1.98. The number of esters is 1. The lowest BCUT2D eigenvalue weighted by Gasteiger charge is -2.15. The summed E-state index contributed by atoms with van der Waals surface area (Å²) in [6, 6.07) is -0.514. The van der Waals surface area contributed by atoms with Gasteiger partial charge in [0, 0.05) is 5.92 Å². The van der Waals surface area contributed by atoms with Gasteiger partial charge in [0.1, 0.15) is 6.04 Å². The van der Waals surface area contributed by atoms with Crippen molar-refractivity contribution in [2.45, 2.75) is 33.2 Å². The van der Waals surface area contributed by atoms with Crippen LogP contribution < -0.4 is 5.32 Å². The Kier molecular flexibility index (Phi) is 5.11. The van der Waals surface area contributed by atoms with Crippen LogP contribution in [0.4, 0.5) is 0 Å². The van der Waals surface area contributed by atoms with E-state index in [2.05, 4.69) is 10.1 Å². The second-order valence-corrected chi connectivity index (χ2v) is 3.15. The van der Waals surface area contributed by atoms with Crippen molar-refractivity contribution in [1.82, 2.24) is 5.32 Å². The maximum atomic E-state index is 11.2. The zero-order valence-electron chi connectivity index (χ0n) is 8.59. The Hall–Kier alpha value is -1.06. The van der Waals surface area contributed by atoms with E-state index in [0.29, 0.717) is 6.42 Å². The van der Waals surface area contributed by atoms with Crippen molar-refractivity contribution in [2.75, 3.05) is 7.11 Å². The highest BCUT2D eigenvalue weighted by atomic mass is 16.5. The number of methoxy groups -OCH3 is 1. The van der Waals surface area contributed by atoms with Crippen molar-refractivity contribution >= 4 is 11.9 Å². The fourth-order valence-corrected chi connectivity index (χ4v) is 0.808. The van der Waals surface area contributed by atoms with E-state index < -0.39 is 12.0 Å². The lowest BCUT2D eigenvalue weighted by Crippen LogP contribution is -2.42. The van der Waals surface area contributed by atoms with Gasteiger partial charge in [-0.2, -0.15) is 0 Å². The van der Waals surface area contributed by atoms with Crippen molar-refractivity contribution in [2.24, 2.45) is 5.92 Å². The summed E-state index contributed by atoms with van der Waals surface area (Å²) in [6.07, 6.45) is 0.547. The van der Waals surface area contributed by atoms with Crippen molar-refractivity contribution in [1.29, 1.82) is 0 Å². The molecule has 0 aromatic carbocycles. The molecule has 1 N–H and O–H groups in total. The topological polar surface area (TPSA) is 55.4 Å². The first-order valence-electron chi connectivity index (χ1n) is 4.41. The lowest BCUT2D eigenvalue weighted by atomic mass is 10.1. The number of amides is 1. The number of hydrogen-bond acceptors (Lipinski definition) is 3. The molecule has 0 aromatic rings. The number of ether oxygens (including phenoxy) is 1. The molecule has 0 radical (unpaired) electrons. The highest BCUT2D eigenvalue weighted by Gasteiger charge is 2.20. The first-order valence-corrected chi connectivity index (χ1v) is 4.41. The van der Waals surface area contributed by atoms with Crippen molar-refractivity contribution in [3.05, 3.63) is 0 Å². The minimum atomic E-state index is -0.514. The second-order valence-electron chi connectivity index (χ2n) is 3.15. The summed E-state index contributed by atoms with van der Waals surface area (Å²) in [7, 11) is 1.31. The molecule has 0 heterocycles. The molecule has 0 rings (SSSR count). The smallest absolute Gasteiger partial charge is 0.328 e. The molecule has 4 nitrogen and oxygen atoms in total. The fraction of sp³-hybridized carbons (Fsp3) is 0.778. The summed E-state index contributed by atoms with van der Waals surface area (Å²) < 4.78 is 4.53. The monoisotopic (exact) mass is 187 g/mol. The van der Waals surface area contributed by atoms with Crippen LogP contribution in [0.2, 0.25) is 0 Å². The van der Waals surface area contributed by atoms with E-state index in [-0.39, 0.29) is 11.8 Å². The molecule has 0 aliphatic heterocycles. The SMILES string of the molecule is CC[C@@H](NC(=O)C(C)C)C(=O)OC. The Morgan fingerprint density at radius 1 is 1.38 bits per heavy atom. The predicted octanol–water partition coefficient (Wildman–Crippen LogP) is 0.710. The Balaban J connectivity index is 4.13. The van der Waals surface area contributed by atoms with E-state index in [1.165, 1.54) is 7.11 Å². The number of nitrogens with one attached hydrogen (secondary N) is 1. The Labute approximate surface area is 78.6 Å². The molecular weight excluding hydrogens is 170 g/mol. The van der Waals surface area contributed by atoms with Crippen LogP contribution in [0.5, 0.6) is 0 Å². The summed E-state index contributed by atoms with van der Waals surface area (Å²) in [5.41, 5.74) is 0. The number of carbonyl (C=O) groups excluding carboxylic acids is 2. The molecule has 1 amide bonds. The van der Waals surface area contributed by atoms with Gasteiger partial charge in [-0.15, -0.1) is 0 Å². The second kappa shape index (κ2) is 5.56. The molecule has 0 bridgehead atoms. The van der Waals surface area contributed by atoms with E-state index >= 15 is 0 Å². The predicted molar refractivity (Wildman–Crippen MR) is 49.1 cm³/mol. The largest absolute Gasteiger partial charge is 0.467 e. The van der Waals surface area contributed by atoms with Crippen LogP contribution in [-0.4, -0.2) is 25.0 Å². The van der Waals surface area contributed by atoms with Gasteiger partial charge in [0.15, 0.2) is 0 Å². The molecule has 13 heavy (non-hydrogen) atoms. The van der Waals surface area contributed by atoms with E-state index in [0.717, 1.165) is 0 Å². The van der Waals surface area contributed by atoms with Crippen molar-refractivity contribution in [3.63, 3.8) is 0 Å². The summed E-state index contributed by atoms with van der Waals surface area (Å²) >= 11 is 0. The fourth-order valence-electron chi connectivity index (χ4n) is 0.808. The van der Waals surface area contributed by atoms with E-state index in [4.69, 9.17) is 0 Å². The zero-order chi connectivity index (χ0) is 10.4. The molecule has 0 spiro atoms. The highest BCUT2D eigenvalue weighted by molar-refractivity contribution is 5.85. The van der Waals surface area contributed by atoms with Crippen LogP contribution in [0.15, 0.2) is 0 Å². The number of rotatable bonds is 4. The molecule has 76 valence electrons. The van der Waals surface area contributed by atoms with E-state index in [1.807, 2.05) is 6.92 Å². The standard InChI is InChI=1S/C9H17NO3/c1-5-7(9(12)13-4)10-8(11)6(2)3/h6-7H,5H2,1-4H3,(H,10,11)/t7-/m1/s1. The molecule has 0 saturated heterocycles. The van der Waals surface area contributed by atoms with Crippen LogP contribution in [0.3, 0.4) is 0 Å². The third-order valence-electron chi connectivity index (χ3n) is 1.73. The average Bonchev–Trinajstić information content (AvgIpc) is 2.12. The van der Waals surface area contributed by atoms with Crippen LogP contribution in [0, 0.1) is 5.92 Å². The van der Waals surface area contributed by atoms with Crippen LogP contribution in [-0.2, 0) is 14.3 Å². The molecule has 0 unspecified atom stereocenters.